The van der Waals surface area contributed by atoms with Crippen LogP contribution in [0.4, 0.5) is 0 Å². The van der Waals surface area contributed by atoms with Gasteiger partial charge >= 0.3 is 0 Å². The van der Waals surface area contributed by atoms with Gasteiger partial charge < -0.3 is 13.8 Å². The number of carbonyl (C=O) groups is 1. The number of sulfone groups is 1. The van der Waals surface area contributed by atoms with Crippen LogP contribution >= 0.6 is 22.9 Å². The minimum Gasteiger partial charge on any atom is -0.383 e. The third-order valence-corrected chi connectivity index (χ3v) is 7.49. The van der Waals surface area contributed by atoms with E-state index in [9.17, 15) is 13.2 Å². The number of rotatable bonds is 6. The zero-order valence-corrected chi connectivity index (χ0v) is 20.4. The van der Waals surface area contributed by atoms with Crippen LogP contribution < -0.4 is 4.80 Å². The van der Waals surface area contributed by atoms with Gasteiger partial charge in [-0.3, -0.25) is 4.79 Å². The molecular formula is C22H20ClN3O5S2. The Labute approximate surface area is 199 Å². The normalized spacial score (nSPS) is 12.5. The van der Waals surface area contributed by atoms with Crippen LogP contribution in [0.25, 0.3) is 21.5 Å². The average Bonchev–Trinajstić information content (AvgIpc) is 3.31. The number of aryl methyl sites for hydroxylation is 1. The monoisotopic (exact) mass is 505 g/mol. The molecule has 8 nitrogen and oxygen atoms in total. The molecule has 33 heavy (non-hydrogen) atoms. The quantitative estimate of drug-likeness (QED) is 0.390. The number of benzene rings is 2. The van der Waals surface area contributed by atoms with Crippen LogP contribution in [-0.4, -0.2) is 44.0 Å². The van der Waals surface area contributed by atoms with Gasteiger partial charge in [-0.05, 0) is 31.2 Å². The first-order chi connectivity index (χ1) is 15.7. The highest BCUT2D eigenvalue weighted by atomic mass is 35.5. The van der Waals surface area contributed by atoms with Crippen LogP contribution in [0.2, 0.25) is 5.02 Å². The predicted molar refractivity (Wildman–Crippen MR) is 126 cm³/mol. The lowest BCUT2D eigenvalue weighted by molar-refractivity contribution is 0.0996. The Kier molecular flexibility index (Phi) is 6.53. The number of nitrogens with zero attached hydrogens (tertiary/aromatic N) is 3. The van der Waals surface area contributed by atoms with Crippen LogP contribution in [0, 0.1) is 6.92 Å². The number of hydrogen-bond donors (Lipinski definition) is 0. The van der Waals surface area contributed by atoms with Gasteiger partial charge in [0.25, 0.3) is 5.91 Å². The van der Waals surface area contributed by atoms with Crippen molar-refractivity contribution in [3.63, 3.8) is 0 Å². The molecule has 0 saturated heterocycles. The highest BCUT2D eigenvalue weighted by molar-refractivity contribution is 7.90. The summed E-state index contributed by atoms with van der Waals surface area (Å²) in [6, 6.07) is 11.9. The summed E-state index contributed by atoms with van der Waals surface area (Å²) in [6.07, 6.45) is 1.15. The Bertz CT molecular complexity index is 1530. The summed E-state index contributed by atoms with van der Waals surface area (Å²) in [5.41, 5.74) is 1.85. The number of thiazole rings is 1. The van der Waals surface area contributed by atoms with Crippen molar-refractivity contribution >= 4 is 48.9 Å². The fourth-order valence-corrected chi connectivity index (χ4v) is 5.41. The van der Waals surface area contributed by atoms with Crippen molar-refractivity contribution in [2.45, 2.75) is 18.4 Å². The minimum absolute atomic E-state index is 0.198. The van der Waals surface area contributed by atoms with E-state index in [2.05, 4.69) is 10.1 Å². The van der Waals surface area contributed by atoms with E-state index < -0.39 is 15.7 Å². The maximum atomic E-state index is 13.3. The summed E-state index contributed by atoms with van der Waals surface area (Å²) in [5, 5.41) is 4.47. The molecule has 2 aromatic carbocycles. The van der Waals surface area contributed by atoms with E-state index in [1.165, 1.54) is 11.3 Å². The van der Waals surface area contributed by atoms with Gasteiger partial charge in [0.05, 0.1) is 26.7 Å². The molecule has 2 aromatic heterocycles. The van der Waals surface area contributed by atoms with E-state index in [0.717, 1.165) is 11.8 Å². The molecule has 0 radical (unpaired) electrons. The number of aromatic nitrogens is 2. The smallest absolute Gasteiger partial charge is 0.285 e. The molecule has 1 amide bonds. The molecule has 0 unspecified atom stereocenters. The Balaban J connectivity index is 1.88. The molecular weight excluding hydrogens is 486 g/mol. The molecule has 0 fully saturated rings. The van der Waals surface area contributed by atoms with E-state index in [4.69, 9.17) is 20.9 Å². The lowest BCUT2D eigenvalue weighted by Gasteiger charge is -2.05. The molecule has 11 heteroatoms. The van der Waals surface area contributed by atoms with Crippen LogP contribution in [0.1, 0.15) is 16.1 Å². The van der Waals surface area contributed by atoms with Gasteiger partial charge in [0.15, 0.2) is 14.6 Å². The molecule has 0 spiro atoms. The van der Waals surface area contributed by atoms with E-state index in [-0.39, 0.29) is 10.5 Å². The molecule has 0 bridgehead atoms. The maximum absolute atomic E-state index is 13.3. The van der Waals surface area contributed by atoms with E-state index in [1.807, 2.05) is 4.57 Å². The average molecular weight is 506 g/mol. The summed E-state index contributed by atoms with van der Waals surface area (Å²) in [6.45, 7) is 2.46. The number of amides is 1. The molecule has 0 N–H and O–H groups in total. The van der Waals surface area contributed by atoms with Gasteiger partial charge in [-0.25, -0.2) is 8.42 Å². The van der Waals surface area contributed by atoms with Crippen LogP contribution in [0.15, 0.2) is 56.9 Å². The Morgan fingerprint density at radius 1 is 1.27 bits per heavy atom. The van der Waals surface area contributed by atoms with E-state index in [1.54, 1.807) is 56.5 Å². The van der Waals surface area contributed by atoms with E-state index in [0.29, 0.717) is 44.7 Å². The van der Waals surface area contributed by atoms with E-state index >= 15 is 0 Å². The van der Waals surface area contributed by atoms with Crippen molar-refractivity contribution in [1.29, 1.82) is 0 Å². The van der Waals surface area contributed by atoms with Crippen molar-refractivity contribution in [3.8, 4) is 11.3 Å². The summed E-state index contributed by atoms with van der Waals surface area (Å²) >= 11 is 7.52. The Hall–Kier alpha value is -2.79. The second-order valence-corrected chi connectivity index (χ2v) is 10.7. The lowest BCUT2D eigenvalue weighted by atomic mass is 10.1. The van der Waals surface area contributed by atoms with Crippen molar-refractivity contribution in [3.05, 3.63) is 63.6 Å². The van der Waals surface area contributed by atoms with Crippen molar-refractivity contribution in [2.24, 2.45) is 4.99 Å². The standard InChI is InChI=1S/C22H20ClN3O5S2/c1-13-19(20(25-31-13)15-6-4-5-7-16(15)23)21(27)24-22-26(10-11-30-2)17-9-8-14(33(3,28)29)12-18(17)32-22/h4-9,12H,10-11H2,1-3H3. The molecule has 0 aliphatic rings. The van der Waals surface area contributed by atoms with Crippen molar-refractivity contribution in [2.75, 3.05) is 20.0 Å². The second kappa shape index (κ2) is 9.22. The zero-order chi connectivity index (χ0) is 23.8. The minimum atomic E-state index is -3.38. The van der Waals surface area contributed by atoms with Crippen LogP contribution in [0.3, 0.4) is 0 Å². The fourth-order valence-electron chi connectivity index (χ4n) is 3.37. The summed E-state index contributed by atoms with van der Waals surface area (Å²) in [7, 11) is -1.80. The van der Waals surface area contributed by atoms with Gasteiger partial charge in [-0.15, -0.1) is 0 Å². The molecule has 0 aliphatic carbocycles. The second-order valence-electron chi connectivity index (χ2n) is 7.29. The van der Waals surface area contributed by atoms with Gasteiger partial charge in [0.2, 0.25) is 0 Å². The van der Waals surface area contributed by atoms with Gasteiger partial charge in [-0.1, -0.05) is 46.3 Å². The largest absolute Gasteiger partial charge is 0.383 e. The van der Waals surface area contributed by atoms with Crippen LogP contribution in [0.5, 0.6) is 0 Å². The molecule has 0 aliphatic heterocycles. The third kappa shape index (κ3) is 4.65. The molecule has 0 saturated carbocycles. The highest BCUT2D eigenvalue weighted by Gasteiger charge is 2.23. The van der Waals surface area contributed by atoms with Gasteiger partial charge in [0, 0.05) is 25.5 Å². The first-order valence-electron chi connectivity index (χ1n) is 9.83. The Morgan fingerprint density at radius 2 is 2.03 bits per heavy atom. The number of methoxy groups -OCH3 is 1. The molecule has 2 heterocycles. The molecule has 0 atom stereocenters. The number of hydrogen-bond acceptors (Lipinski definition) is 7. The SMILES string of the molecule is COCCn1c(=NC(=O)c2c(-c3ccccc3Cl)noc2C)sc2cc(S(C)(=O)=O)ccc21. The summed E-state index contributed by atoms with van der Waals surface area (Å²) < 4.78 is 37.0. The van der Waals surface area contributed by atoms with Crippen molar-refractivity contribution in [1.82, 2.24) is 9.72 Å². The summed E-state index contributed by atoms with van der Waals surface area (Å²) in [4.78, 5) is 18.2. The van der Waals surface area contributed by atoms with Gasteiger partial charge in [0.1, 0.15) is 17.0 Å². The van der Waals surface area contributed by atoms with Crippen LogP contribution in [-0.2, 0) is 21.1 Å². The topological polar surface area (TPSA) is 104 Å². The predicted octanol–water partition coefficient (Wildman–Crippen LogP) is 4.11. The van der Waals surface area contributed by atoms with Crippen molar-refractivity contribution < 1.29 is 22.5 Å². The number of ether oxygens (including phenoxy) is 1. The molecule has 172 valence electrons. The molecule has 4 rings (SSSR count). The number of fused-ring (bicyclic) bond motifs is 1. The lowest BCUT2D eigenvalue weighted by Crippen LogP contribution is -2.19. The first kappa shape index (κ1) is 23.4. The zero-order valence-electron chi connectivity index (χ0n) is 18.0. The highest BCUT2D eigenvalue weighted by Crippen LogP contribution is 2.31. The summed E-state index contributed by atoms with van der Waals surface area (Å²) in [5.74, 6) is -0.215. The van der Waals surface area contributed by atoms with Gasteiger partial charge in [-0.2, -0.15) is 4.99 Å². The fraction of sp³-hybridized carbons (Fsp3) is 0.227. The Morgan fingerprint density at radius 3 is 2.73 bits per heavy atom. The maximum Gasteiger partial charge on any atom is 0.285 e. The first-order valence-corrected chi connectivity index (χ1v) is 12.9. The number of halogens is 1. The third-order valence-electron chi connectivity index (χ3n) is 5.00. The molecule has 4 aromatic rings. The number of carbonyl (C=O) groups excluding carboxylic acids is 1.